The minimum Gasteiger partial charge on any atom is -0.395 e. The average molecular weight is 376 g/mol. The maximum atomic E-state index is 12.3. The fourth-order valence-electron chi connectivity index (χ4n) is 2.39. The molecule has 0 radical (unpaired) electrons. The molecule has 1 amide bonds. The van der Waals surface area contributed by atoms with Crippen molar-refractivity contribution in [1.29, 1.82) is 0 Å². The first-order valence-corrected chi connectivity index (χ1v) is 10.3. The Morgan fingerprint density at radius 3 is 2.25 bits per heavy atom. The summed E-state index contributed by atoms with van der Waals surface area (Å²) in [7, 11) is -7.62. The lowest BCUT2D eigenvalue weighted by atomic mass is 9.95. The van der Waals surface area contributed by atoms with Crippen molar-refractivity contribution in [3.8, 4) is 0 Å². The van der Waals surface area contributed by atoms with Gasteiger partial charge in [-0.15, -0.1) is 0 Å². The quantitative estimate of drug-likeness (QED) is 0.749. The molecule has 1 aromatic rings. The number of aliphatic hydroxyl groups excluding tert-OH is 1. The summed E-state index contributed by atoms with van der Waals surface area (Å²) in [5.41, 5.74) is -0.929. The van der Waals surface area contributed by atoms with Crippen molar-refractivity contribution in [2.75, 3.05) is 16.7 Å². The molecule has 0 unspecified atom stereocenters. The van der Waals surface area contributed by atoms with Crippen LogP contribution in [0.15, 0.2) is 29.2 Å². The van der Waals surface area contributed by atoms with Crippen LogP contribution in [0.2, 0.25) is 0 Å². The summed E-state index contributed by atoms with van der Waals surface area (Å²) < 4.78 is 51.6. The van der Waals surface area contributed by atoms with E-state index in [9.17, 15) is 21.6 Å². The average Bonchev–Trinajstić information content (AvgIpc) is 2.62. The molecule has 1 fully saturated rings. The largest absolute Gasteiger partial charge is 0.395 e. The summed E-state index contributed by atoms with van der Waals surface area (Å²) in [6, 6.07) is 4.33. The third-order valence-electron chi connectivity index (χ3n) is 3.60. The summed E-state index contributed by atoms with van der Waals surface area (Å²) in [6.07, 6.45) is 0. The number of rotatable bonds is 5. The summed E-state index contributed by atoms with van der Waals surface area (Å²) in [5.74, 6) is -0.848. The van der Waals surface area contributed by atoms with Crippen LogP contribution in [0.25, 0.3) is 0 Å². The van der Waals surface area contributed by atoms with Crippen LogP contribution in [0.1, 0.15) is 20.8 Å². The van der Waals surface area contributed by atoms with Gasteiger partial charge in [0.2, 0.25) is 26.0 Å². The van der Waals surface area contributed by atoms with E-state index in [1.165, 1.54) is 31.2 Å². The van der Waals surface area contributed by atoms with Gasteiger partial charge in [-0.1, -0.05) is 0 Å². The molecule has 0 aliphatic carbocycles. The second-order valence-electron chi connectivity index (χ2n) is 6.41. The van der Waals surface area contributed by atoms with Gasteiger partial charge in [-0.2, -0.15) is 0 Å². The van der Waals surface area contributed by atoms with Crippen LogP contribution in [0, 0.1) is 5.41 Å². The van der Waals surface area contributed by atoms with Gasteiger partial charge in [-0.25, -0.2) is 25.9 Å². The molecule has 1 atom stereocenters. The Hall–Kier alpha value is -1.49. The maximum Gasteiger partial charge on any atom is 0.247 e. The molecule has 1 saturated heterocycles. The zero-order valence-corrected chi connectivity index (χ0v) is 15.2. The molecular formula is C14H20N2O6S2. The van der Waals surface area contributed by atoms with E-state index >= 15 is 0 Å². The normalized spacial score (nSPS) is 21.0. The molecule has 24 heavy (non-hydrogen) atoms. The van der Waals surface area contributed by atoms with E-state index in [4.69, 9.17) is 5.11 Å². The third kappa shape index (κ3) is 3.46. The Bertz CT molecular complexity index is 844. The number of hydrogen-bond acceptors (Lipinski definition) is 6. The van der Waals surface area contributed by atoms with Gasteiger partial charge in [-0.3, -0.25) is 4.79 Å². The number of nitrogens with zero attached hydrogens (tertiary/aromatic N) is 1. The number of carbonyl (C=O) groups is 1. The predicted molar refractivity (Wildman–Crippen MR) is 88.4 cm³/mol. The highest BCUT2D eigenvalue weighted by Crippen LogP contribution is 2.35. The standard InChI is InChI=1S/C14H20N2O6S2/c1-10(8-17)15-24(21,22)12-6-4-11(5-7-12)16-13(18)14(2,3)9-23(16,19)20/h4-7,10,15,17H,8-9H2,1-3H3/t10-/m0/s1. The molecule has 0 spiro atoms. The van der Waals surface area contributed by atoms with E-state index < -0.39 is 37.4 Å². The molecule has 134 valence electrons. The van der Waals surface area contributed by atoms with Gasteiger partial charge < -0.3 is 5.11 Å². The van der Waals surface area contributed by atoms with Crippen molar-refractivity contribution >= 4 is 31.6 Å². The number of benzene rings is 1. The molecule has 1 aliphatic rings. The van der Waals surface area contributed by atoms with Crippen molar-refractivity contribution < 1.29 is 26.7 Å². The fraction of sp³-hybridized carbons (Fsp3) is 0.500. The first-order chi connectivity index (χ1) is 10.9. The van der Waals surface area contributed by atoms with Gasteiger partial charge in [0.1, 0.15) is 0 Å². The summed E-state index contributed by atoms with van der Waals surface area (Å²) in [5, 5.41) is 8.93. The SMILES string of the molecule is C[C@@H](CO)NS(=O)(=O)c1ccc(N2C(=O)C(C)(C)CS2(=O)=O)cc1. The van der Waals surface area contributed by atoms with Crippen LogP contribution in [0.5, 0.6) is 0 Å². The molecule has 0 saturated carbocycles. The van der Waals surface area contributed by atoms with Crippen LogP contribution in [-0.4, -0.2) is 46.3 Å². The van der Waals surface area contributed by atoms with Gasteiger partial charge in [-0.05, 0) is 45.0 Å². The van der Waals surface area contributed by atoms with Crippen LogP contribution in [-0.2, 0) is 24.8 Å². The van der Waals surface area contributed by atoms with Gasteiger partial charge in [0.05, 0.1) is 28.4 Å². The number of amides is 1. The summed E-state index contributed by atoms with van der Waals surface area (Å²) >= 11 is 0. The van der Waals surface area contributed by atoms with Gasteiger partial charge >= 0.3 is 0 Å². The van der Waals surface area contributed by atoms with E-state index in [2.05, 4.69) is 4.72 Å². The first-order valence-electron chi connectivity index (χ1n) is 7.21. The van der Waals surface area contributed by atoms with E-state index in [0.717, 1.165) is 0 Å². The van der Waals surface area contributed by atoms with Gasteiger partial charge in [0.15, 0.2) is 0 Å². The Labute approximate surface area is 141 Å². The molecular weight excluding hydrogens is 356 g/mol. The Kier molecular flexibility index (Phi) is 4.79. The van der Waals surface area contributed by atoms with E-state index in [1.807, 2.05) is 0 Å². The molecule has 0 bridgehead atoms. The van der Waals surface area contributed by atoms with Crippen molar-refractivity contribution in [2.45, 2.75) is 31.7 Å². The van der Waals surface area contributed by atoms with E-state index in [0.29, 0.717) is 4.31 Å². The Balaban J connectivity index is 2.35. The van der Waals surface area contributed by atoms with Gasteiger partial charge in [0.25, 0.3) is 0 Å². The van der Waals surface area contributed by atoms with Crippen LogP contribution in [0.3, 0.4) is 0 Å². The molecule has 2 rings (SSSR count). The minimum absolute atomic E-state index is 0.0881. The summed E-state index contributed by atoms with van der Waals surface area (Å²) in [4.78, 5) is 12.2. The van der Waals surface area contributed by atoms with Crippen molar-refractivity contribution in [3.05, 3.63) is 24.3 Å². The maximum absolute atomic E-state index is 12.3. The number of hydrogen-bond donors (Lipinski definition) is 2. The number of aliphatic hydroxyl groups is 1. The van der Waals surface area contributed by atoms with Crippen molar-refractivity contribution in [1.82, 2.24) is 4.72 Å². The second kappa shape index (κ2) is 6.10. The van der Waals surface area contributed by atoms with Crippen LogP contribution >= 0.6 is 0 Å². The molecule has 8 nitrogen and oxygen atoms in total. The minimum atomic E-state index is -3.84. The number of nitrogens with one attached hydrogen (secondary N) is 1. The fourth-order valence-corrected chi connectivity index (χ4v) is 5.73. The number of anilines is 1. The highest BCUT2D eigenvalue weighted by Gasteiger charge is 2.49. The predicted octanol–water partition coefficient (Wildman–Crippen LogP) is 0.0483. The van der Waals surface area contributed by atoms with E-state index in [-0.39, 0.29) is 22.9 Å². The highest BCUT2D eigenvalue weighted by atomic mass is 32.2. The highest BCUT2D eigenvalue weighted by molar-refractivity contribution is 7.94. The lowest BCUT2D eigenvalue weighted by Crippen LogP contribution is -2.35. The lowest BCUT2D eigenvalue weighted by molar-refractivity contribution is -0.123. The molecule has 1 heterocycles. The van der Waals surface area contributed by atoms with Gasteiger partial charge in [0, 0.05) is 6.04 Å². The third-order valence-corrected chi connectivity index (χ3v) is 7.22. The second-order valence-corrected chi connectivity index (χ2v) is 9.94. The smallest absolute Gasteiger partial charge is 0.247 e. The number of carbonyl (C=O) groups excluding carboxylic acids is 1. The lowest BCUT2D eigenvalue weighted by Gasteiger charge is -2.18. The topological polar surface area (TPSA) is 121 Å². The summed E-state index contributed by atoms with van der Waals surface area (Å²) in [6.45, 7) is 4.24. The molecule has 1 aromatic carbocycles. The Morgan fingerprint density at radius 1 is 1.29 bits per heavy atom. The van der Waals surface area contributed by atoms with Crippen molar-refractivity contribution in [2.24, 2.45) is 5.41 Å². The zero-order valence-electron chi connectivity index (χ0n) is 13.6. The molecule has 0 aromatic heterocycles. The van der Waals surface area contributed by atoms with Crippen molar-refractivity contribution in [3.63, 3.8) is 0 Å². The molecule has 2 N–H and O–H groups in total. The monoisotopic (exact) mass is 376 g/mol. The molecule has 1 aliphatic heterocycles. The zero-order chi connectivity index (χ0) is 18.3. The Morgan fingerprint density at radius 2 is 1.83 bits per heavy atom. The van der Waals surface area contributed by atoms with Crippen LogP contribution < -0.4 is 9.03 Å². The first kappa shape index (κ1) is 18.8. The van der Waals surface area contributed by atoms with Crippen LogP contribution in [0.4, 0.5) is 5.69 Å². The number of sulfonamides is 2. The molecule has 10 heteroatoms. The van der Waals surface area contributed by atoms with E-state index in [1.54, 1.807) is 13.8 Å².